The zero-order valence-electron chi connectivity index (χ0n) is 12.4. The van der Waals surface area contributed by atoms with Crippen LogP contribution < -0.4 is 0 Å². The topological polar surface area (TPSA) is 49.9 Å². The molecule has 2 amide bonds. The highest BCUT2D eigenvalue weighted by Crippen LogP contribution is 2.50. The average Bonchev–Trinajstić information content (AvgIpc) is 3.03. The van der Waals surface area contributed by atoms with Crippen molar-refractivity contribution < 1.29 is 14.3 Å². The molecule has 2 aliphatic heterocycles. The molecule has 0 bridgehead atoms. The summed E-state index contributed by atoms with van der Waals surface area (Å²) in [5, 5.41) is 0. The highest BCUT2D eigenvalue weighted by molar-refractivity contribution is 5.97. The maximum absolute atomic E-state index is 12.6. The van der Waals surface area contributed by atoms with Crippen LogP contribution in [0, 0.1) is 5.41 Å². The highest BCUT2D eigenvalue weighted by atomic mass is 16.5. The molecule has 112 valence electrons. The molecule has 0 aromatic carbocycles. The van der Waals surface area contributed by atoms with E-state index < -0.39 is 0 Å². The Morgan fingerprint density at radius 3 is 2.70 bits per heavy atom. The predicted octanol–water partition coefficient (Wildman–Crippen LogP) is 1.02. The number of carbonyl (C=O) groups excluding carboxylic acids is 2. The lowest BCUT2D eigenvalue weighted by Crippen LogP contribution is -2.62. The number of carbonyl (C=O) groups is 2. The Labute approximate surface area is 120 Å². The van der Waals surface area contributed by atoms with E-state index in [1.54, 1.807) is 12.0 Å². The lowest BCUT2D eigenvalue weighted by Gasteiger charge is -2.42. The first-order valence-corrected chi connectivity index (χ1v) is 7.68. The molecule has 2 unspecified atom stereocenters. The van der Waals surface area contributed by atoms with Gasteiger partial charge in [-0.25, -0.2) is 0 Å². The molecule has 2 heterocycles. The van der Waals surface area contributed by atoms with E-state index >= 15 is 0 Å². The third-order valence-corrected chi connectivity index (χ3v) is 5.23. The molecule has 5 nitrogen and oxygen atoms in total. The van der Waals surface area contributed by atoms with Crippen molar-refractivity contribution in [2.45, 2.75) is 51.1 Å². The third-order valence-electron chi connectivity index (χ3n) is 5.23. The van der Waals surface area contributed by atoms with Crippen molar-refractivity contribution in [3.8, 4) is 0 Å². The summed E-state index contributed by atoms with van der Waals surface area (Å²) in [6.07, 6.45) is 5.07. The van der Waals surface area contributed by atoms with Crippen molar-refractivity contribution in [1.82, 2.24) is 9.80 Å². The number of fused-ring (bicyclic) bond motifs is 1. The quantitative estimate of drug-likeness (QED) is 0.755. The molecule has 20 heavy (non-hydrogen) atoms. The standard InChI is InChI=1S/C15H24N2O3/c1-11-13(18)16-8-3-4-12(16)14(19)17(11)10-15(5-6-15)7-9-20-2/h11-12H,3-10H2,1-2H3. The Balaban J connectivity index is 1.72. The number of hydrogen-bond donors (Lipinski definition) is 0. The molecule has 0 aromatic heterocycles. The van der Waals surface area contributed by atoms with Gasteiger partial charge in [-0.3, -0.25) is 9.59 Å². The van der Waals surface area contributed by atoms with E-state index in [9.17, 15) is 9.59 Å². The molecular formula is C15H24N2O3. The monoisotopic (exact) mass is 280 g/mol. The first-order valence-electron chi connectivity index (χ1n) is 7.68. The minimum Gasteiger partial charge on any atom is -0.385 e. The number of ether oxygens (including phenoxy) is 1. The van der Waals surface area contributed by atoms with E-state index in [0.717, 1.165) is 51.8 Å². The molecule has 2 atom stereocenters. The van der Waals surface area contributed by atoms with E-state index in [1.165, 1.54) is 0 Å². The summed E-state index contributed by atoms with van der Waals surface area (Å²) in [5.74, 6) is 0.299. The van der Waals surface area contributed by atoms with Crippen LogP contribution in [-0.4, -0.2) is 60.5 Å². The summed E-state index contributed by atoms with van der Waals surface area (Å²) in [4.78, 5) is 28.7. The maximum atomic E-state index is 12.6. The number of rotatable bonds is 5. The SMILES string of the molecule is COCCC1(CN2C(=O)C3CCCN3C(=O)C2C)CC1. The summed E-state index contributed by atoms with van der Waals surface area (Å²) in [7, 11) is 1.71. The highest BCUT2D eigenvalue weighted by Gasteiger charge is 2.51. The number of amides is 2. The van der Waals surface area contributed by atoms with Gasteiger partial charge in [0, 0.05) is 26.8 Å². The molecule has 0 aromatic rings. The Hall–Kier alpha value is -1.10. The summed E-state index contributed by atoms with van der Waals surface area (Å²) in [6.45, 7) is 4.09. The van der Waals surface area contributed by atoms with Crippen LogP contribution in [0.5, 0.6) is 0 Å². The molecule has 3 rings (SSSR count). The largest absolute Gasteiger partial charge is 0.385 e. The lowest BCUT2D eigenvalue weighted by molar-refractivity contribution is -0.159. The second-order valence-electron chi connectivity index (χ2n) is 6.57. The van der Waals surface area contributed by atoms with Crippen LogP contribution in [0.25, 0.3) is 0 Å². The van der Waals surface area contributed by atoms with Gasteiger partial charge in [-0.1, -0.05) is 0 Å². The van der Waals surface area contributed by atoms with Gasteiger partial charge in [0.05, 0.1) is 0 Å². The fourth-order valence-electron chi connectivity index (χ4n) is 3.60. The van der Waals surface area contributed by atoms with E-state index in [1.807, 2.05) is 11.8 Å². The molecule has 3 aliphatic rings. The second kappa shape index (κ2) is 5.02. The van der Waals surface area contributed by atoms with Crippen molar-refractivity contribution in [3.63, 3.8) is 0 Å². The zero-order valence-corrected chi connectivity index (χ0v) is 12.4. The average molecular weight is 280 g/mol. The molecule has 1 aliphatic carbocycles. The molecule has 3 fully saturated rings. The van der Waals surface area contributed by atoms with Gasteiger partial charge in [0.25, 0.3) is 0 Å². The van der Waals surface area contributed by atoms with Crippen LogP contribution in [0.15, 0.2) is 0 Å². The van der Waals surface area contributed by atoms with Gasteiger partial charge < -0.3 is 14.5 Å². The van der Waals surface area contributed by atoms with Gasteiger partial charge in [0.15, 0.2) is 0 Å². The Kier molecular flexibility index (Phi) is 3.48. The molecule has 0 spiro atoms. The lowest BCUT2D eigenvalue weighted by atomic mass is 9.98. The van der Waals surface area contributed by atoms with Crippen molar-refractivity contribution in [2.75, 3.05) is 26.8 Å². The number of nitrogens with zero attached hydrogens (tertiary/aromatic N) is 2. The minimum atomic E-state index is -0.295. The van der Waals surface area contributed by atoms with Gasteiger partial charge in [-0.05, 0) is 44.4 Å². The van der Waals surface area contributed by atoms with Crippen LogP contribution >= 0.6 is 0 Å². The third kappa shape index (κ3) is 2.22. The molecule has 0 radical (unpaired) electrons. The number of hydrogen-bond acceptors (Lipinski definition) is 3. The van der Waals surface area contributed by atoms with Crippen LogP contribution in [0.1, 0.15) is 39.0 Å². The predicted molar refractivity (Wildman–Crippen MR) is 74.1 cm³/mol. The van der Waals surface area contributed by atoms with E-state index in [-0.39, 0.29) is 29.3 Å². The molecule has 2 saturated heterocycles. The maximum Gasteiger partial charge on any atom is 0.246 e. The van der Waals surface area contributed by atoms with Gasteiger partial charge >= 0.3 is 0 Å². The van der Waals surface area contributed by atoms with Crippen molar-refractivity contribution in [2.24, 2.45) is 5.41 Å². The van der Waals surface area contributed by atoms with E-state index in [4.69, 9.17) is 4.74 Å². The van der Waals surface area contributed by atoms with Crippen molar-refractivity contribution in [3.05, 3.63) is 0 Å². The van der Waals surface area contributed by atoms with Crippen LogP contribution in [0.2, 0.25) is 0 Å². The summed E-state index contributed by atoms with van der Waals surface area (Å²) in [5.41, 5.74) is 0.209. The number of methoxy groups -OCH3 is 1. The Morgan fingerprint density at radius 1 is 1.30 bits per heavy atom. The van der Waals surface area contributed by atoms with Crippen molar-refractivity contribution >= 4 is 11.8 Å². The Morgan fingerprint density at radius 2 is 2.05 bits per heavy atom. The van der Waals surface area contributed by atoms with Gasteiger partial charge in [-0.2, -0.15) is 0 Å². The first-order chi connectivity index (χ1) is 9.58. The Bertz CT molecular complexity index is 419. The van der Waals surface area contributed by atoms with Crippen molar-refractivity contribution in [1.29, 1.82) is 0 Å². The normalized spacial score (nSPS) is 31.7. The van der Waals surface area contributed by atoms with E-state index in [0.29, 0.717) is 0 Å². The first kappa shape index (κ1) is 13.9. The van der Waals surface area contributed by atoms with Gasteiger partial charge in [0.1, 0.15) is 12.1 Å². The fraction of sp³-hybridized carbons (Fsp3) is 0.867. The van der Waals surface area contributed by atoms with Gasteiger partial charge in [0.2, 0.25) is 11.8 Å². The van der Waals surface area contributed by atoms with Gasteiger partial charge in [-0.15, -0.1) is 0 Å². The zero-order chi connectivity index (χ0) is 14.3. The number of piperazine rings is 1. The summed E-state index contributed by atoms with van der Waals surface area (Å²) in [6, 6.07) is -0.478. The summed E-state index contributed by atoms with van der Waals surface area (Å²) >= 11 is 0. The van der Waals surface area contributed by atoms with Crippen LogP contribution in [0.3, 0.4) is 0 Å². The molecule has 1 saturated carbocycles. The van der Waals surface area contributed by atoms with Crippen LogP contribution in [0.4, 0.5) is 0 Å². The second-order valence-corrected chi connectivity index (χ2v) is 6.57. The molecule has 5 heteroatoms. The van der Waals surface area contributed by atoms with E-state index in [2.05, 4.69) is 0 Å². The smallest absolute Gasteiger partial charge is 0.246 e. The van der Waals surface area contributed by atoms with Crippen LogP contribution in [-0.2, 0) is 14.3 Å². The molecule has 0 N–H and O–H groups in total. The fourth-order valence-corrected chi connectivity index (χ4v) is 3.60. The summed E-state index contributed by atoms with van der Waals surface area (Å²) < 4.78 is 5.17. The molecular weight excluding hydrogens is 256 g/mol. The minimum absolute atomic E-state index is 0.134.